The number of benzene rings is 2. The summed E-state index contributed by atoms with van der Waals surface area (Å²) in [5, 5.41) is 2.23. The van der Waals surface area contributed by atoms with Gasteiger partial charge in [0.05, 0.1) is 12.0 Å². The van der Waals surface area contributed by atoms with Crippen molar-refractivity contribution in [2.24, 2.45) is 0 Å². The highest BCUT2D eigenvalue weighted by atomic mass is 32.2. The van der Waals surface area contributed by atoms with E-state index in [4.69, 9.17) is 4.74 Å². The predicted molar refractivity (Wildman–Crippen MR) is 105 cm³/mol. The molecular weight excluding hydrogens is 364 g/mol. The molecule has 6 nitrogen and oxygen atoms in total. The first-order chi connectivity index (χ1) is 13.0. The van der Waals surface area contributed by atoms with E-state index in [1.807, 2.05) is 19.1 Å². The molecule has 3 amide bonds. The van der Waals surface area contributed by atoms with Gasteiger partial charge in [-0.05, 0) is 54.6 Å². The number of hydrogen-bond donors (Lipinski definition) is 1. The predicted octanol–water partition coefficient (Wildman–Crippen LogP) is 3.68. The summed E-state index contributed by atoms with van der Waals surface area (Å²) in [7, 11) is 1.57. The Morgan fingerprint density at radius 2 is 1.78 bits per heavy atom. The number of thioether (sulfide) groups is 1. The number of carbonyl (C=O) groups is 3. The first-order valence-corrected chi connectivity index (χ1v) is 9.04. The SMILES string of the molecule is COc1ccc(/C=C2/SC(=O)N(CC(=O)Nc3ccc(C)cc3)C2=O)cc1. The molecule has 0 aliphatic carbocycles. The highest BCUT2D eigenvalue weighted by Gasteiger charge is 2.36. The second-order valence-corrected chi connectivity index (χ2v) is 6.95. The Balaban J connectivity index is 1.67. The number of rotatable bonds is 5. The Bertz CT molecular complexity index is 905. The Morgan fingerprint density at radius 1 is 1.11 bits per heavy atom. The van der Waals surface area contributed by atoms with Gasteiger partial charge in [0.2, 0.25) is 5.91 Å². The second-order valence-electron chi connectivity index (χ2n) is 5.96. The molecule has 0 unspecified atom stereocenters. The van der Waals surface area contributed by atoms with E-state index < -0.39 is 17.1 Å². The molecule has 1 fully saturated rings. The fourth-order valence-corrected chi connectivity index (χ4v) is 3.31. The van der Waals surface area contributed by atoms with Crippen molar-refractivity contribution in [2.45, 2.75) is 6.92 Å². The molecule has 1 aliphatic rings. The molecular formula is C20H18N2O4S. The van der Waals surface area contributed by atoms with Crippen molar-refractivity contribution in [1.29, 1.82) is 0 Å². The summed E-state index contributed by atoms with van der Waals surface area (Å²) < 4.78 is 5.09. The lowest BCUT2D eigenvalue weighted by Gasteiger charge is -2.12. The molecule has 1 heterocycles. The first kappa shape index (κ1) is 18.7. The summed E-state index contributed by atoms with van der Waals surface area (Å²) >= 11 is 0.824. The third-order valence-electron chi connectivity index (χ3n) is 3.92. The van der Waals surface area contributed by atoms with Crippen molar-refractivity contribution < 1.29 is 19.1 Å². The molecule has 2 aromatic rings. The van der Waals surface area contributed by atoms with Crippen LogP contribution in [0.1, 0.15) is 11.1 Å². The standard InChI is InChI=1S/C20H18N2O4S/c1-13-3-7-15(8-4-13)21-18(23)12-22-19(24)17(27-20(22)25)11-14-5-9-16(26-2)10-6-14/h3-11H,12H2,1-2H3,(H,21,23)/b17-11+. The van der Waals surface area contributed by atoms with Gasteiger partial charge in [-0.2, -0.15) is 0 Å². The van der Waals surface area contributed by atoms with Gasteiger partial charge in [-0.15, -0.1) is 0 Å². The van der Waals surface area contributed by atoms with Crippen LogP contribution in [-0.2, 0) is 9.59 Å². The second kappa shape index (κ2) is 8.09. The summed E-state index contributed by atoms with van der Waals surface area (Å²) in [6.45, 7) is 1.62. The van der Waals surface area contributed by atoms with Crippen LogP contribution >= 0.6 is 11.8 Å². The number of hydrogen-bond acceptors (Lipinski definition) is 5. The zero-order valence-electron chi connectivity index (χ0n) is 14.9. The molecule has 0 bridgehead atoms. The van der Waals surface area contributed by atoms with Crippen molar-refractivity contribution in [3.63, 3.8) is 0 Å². The minimum atomic E-state index is -0.472. The van der Waals surface area contributed by atoms with E-state index in [0.717, 1.165) is 27.8 Å². The number of amides is 3. The van der Waals surface area contributed by atoms with Crippen LogP contribution in [0.5, 0.6) is 5.75 Å². The molecule has 0 aromatic heterocycles. The van der Waals surface area contributed by atoms with Crippen molar-refractivity contribution in [3.05, 3.63) is 64.6 Å². The maximum Gasteiger partial charge on any atom is 0.294 e. The summed E-state index contributed by atoms with van der Waals surface area (Å²) in [6, 6.07) is 14.4. The summed E-state index contributed by atoms with van der Waals surface area (Å²) in [6.07, 6.45) is 1.63. The van der Waals surface area contributed by atoms with E-state index in [9.17, 15) is 14.4 Å². The lowest BCUT2D eigenvalue weighted by molar-refractivity contribution is -0.127. The molecule has 27 heavy (non-hydrogen) atoms. The number of carbonyl (C=O) groups excluding carboxylic acids is 3. The van der Waals surface area contributed by atoms with Gasteiger partial charge in [0.15, 0.2) is 0 Å². The smallest absolute Gasteiger partial charge is 0.294 e. The van der Waals surface area contributed by atoms with E-state index in [1.54, 1.807) is 49.6 Å². The van der Waals surface area contributed by atoms with Gasteiger partial charge in [0.1, 0.15) is 12.3 Å². The fraction of sp³-hybridized carbons (Fsp3) is 0.150. The number of nitrogens with one attached hydrogen (secondary N) is 1. The van der Waals surface area contributed by atoms with E-state index in [-0.39, 0.29) is 11.4 Å². The van der Waals surface area contributed by atoms with Crippen LogP contribution in [0.3, 0.4) is 0 Å². The molecule has 7 heteroatoms. The number of ether oxygens (including phenoxy) is 1. The monoisotopic (exact) mass is 382 g/mol. The Labute approximate surface area is 161 Å². The Kier molecular flexibility index (Phi) is 5.61. The molecule has 0 atom stereocenters. The van der Waals surface area contributed by atoms with Gasteiger partial charge in [-0.1, -0.05) is 29.8 Å². The highest BCUT2D eigenvalue weighted by molar-refractivity contribution is 8.18. The van der Waals surface area contributed by atoms with Gasteiger partial charge >= 0.3 is 0 Å². The number of methoxy groups -OCH3 is 1. The third-order valence-corrected chi connectivity index (χ3v) is 4.83. The van der Waals surface area contributed by atoms with Crippen molar-refractivity contribution in [1.82, 2.24) is 4.90 Å². The summed E-state index contributed by atoms with van der Waals surface area (Å²) in [5.74, 6) is -0.195. The average Bonchev–Trinajstić information content (AvgIpc) is 2.91. The molecule has 3 rings (SSSR count). The van der Waals surface area contributed by atoms with E-state index in [1.165, 1.54) is 0 Å². The minimum absolute atomic E-state index is 0.285. The van der Waals surface area contributed by atoms with E-state index in [2.05, 4.69) is 5.32 Å². The van der Waals surface area contributed by atoms with Gasteiger partial charge < -0.3 is 10.1 Å². The molecule has 1 aliphatic heterocycles. The third kappa shape index (κ3) is 4.57. The molecule has 1 N–H and O–H groups in total. The number of anilines is 1. The molecule has 2 aromatic carbocycles. The van der Waals surface area contributed by atoms with Gasteiger partial charge in [0, 0.05) is 5.69 Å². The topological polar surface area (TPSA) is 75.7 Å². The molecule has 0 spiro atoms. The zero-order valence-corrected chi connectivity index (χ0v) is 15.7. The van der Waals surface area contributed by atoms with E-state index in [0.29, 0.717) is 11.4 Å². The molecule has 0 radical (unpaired) electrons. The normalized spacial score (nSPS) is 15.3. The lowest BCUT2D eigenvalue weighted by atomic mass is 10.2. The van der Waals surface area contributed by atoms with Gasteiger partial charge in [-0.3, -0.25) is 19.3 Å². The van der Waals surface area contributed by atoms with Crippen LogP contribution in [0.2, 0.25) is 0 Å². The molecule has 138 valence electrons. The summed E-state index contributed by atoms with van der Waals surface area (Å²) in [4.78, 5) is 38.0. The summed E-state index contributed by atoms with van der Waals surface area (Å²) in [5.41, 5.74) is 2.46. The molecule has 0 saturated carbocycles. The van der Waals surface area contributed by atoms with Crippen molar-refractivity contribution in [2.75, 3.05) is 19.0 Å². The van der Waals surface area contributed by atoms with Gasteiger partial charge in [-0.25, -0.2) is 0 Å². The lowest BCUT2D eigenvalue weighted by Crippen LogP contribution is -2.36. The first-order valence-electron chi connectivity index (χ1n) is 8.22. The van der Waals surface area contributed by atoms with Crippen LogP contribution in [-0.4, -0.2) is 35.6 Å². The van der Waals surface area contributed by atoms with Crippen molar-refractivity contribution in [3.8, 4) is 5.75 Å². The average molecular weight is 382 g/mol. The van der Waals surface area contributed by atoms with Crippen LogP contribution < -0.4 is 10.1 Å². The van der Waals surface area contributed by atoms with E-state index >= 15 is 0 Å². The zero-order chi connectivity index (χ0) is 19.4. The number of imide groups is 1. The van der Waals surface area contributed by atoms with Crippen LogP contribution in [0.25, 0.3) is 6.08 Å². The van der Waals surface area contributed by atoms with Gasteiger partial charge in [0.25, 0.3) is 11.1 Å². The Hall–Kier alpha value is -3.06. The van der Waals surface area contributed by atoms with Crippen LogP contribution in [0.15, 0.2) is 53.4 Å². The van der Waals surface area contributed by atoms with Crippen LogP contribution in [0.4, 0.5) is 10.5 Å². The molecule has 1 saturated heterocycles. The highest BCUT2D eigenvalue weighted by Crippen LogP contribution is 2.32. The maximum absolute atomic E-state index is 12.5. The van der Waals surface area contributed by atoms with Crippen molar-refractivity contribution >= 4 is 40.6 Å². The Morgan fingerprint density at radius 3 is 2.41 bits per heavy atom. The quantitative estimate of drug-likeness (QED) is 0.799. The maximum atomic E-state index is 12.5. The fourth-order valence-electron chi connectivity index (χ4n) is 2.47. The largest absolute Gasteiger partial charge is 0.497 e. The van der Waals surface area contributed by atoms with Crippen LogP contribution in [0, 0.1) is 6.92 Å². The number of nitrogens with zero attached hydrogens (tertiary/aromatic N) is 1. The minimum Gasteiger partial charge on any atom is -0.497 e. The number of aryl methyl sites for hydroxylation is 1.